The molecule has 0 N–H and O–H groups in total. The Bertz CT molecular complexity index is 1010. The van der Waals surface area contributed by atoms with Crippen molar-refractivity contribution in [3.63, 3.8) is 0 Å². The Balaban J connectivity index is 1.38. The number of benzene rings is 1. The smallest absolute Gasteiger partial charge is 0.272 e. The quantitative estimate of drug-likeness (QED) is 0.694. The predicted molar refractivity (Wildman–Crippen MR) is 112 cm³/mol. The number of nitrogens with zero attached hydrogens (tertiary/aromatic N) is 5. The van der Waals surface area contributed by atoms with Gasteiger partial charge in [-0.15, -0.1) is 0 Å². The van der Waals surface area contributed by atoms with Crippen LogP contribution < -0.4 is 4.90 Å². The van der Waals surface area contributed by atoms with E-state index < -0.39 is 0 Å². The van der Waals surface area contributed by atoms with Gasteiger partial charge in [-0.1, -0.05) is 36.4 Å². The molecule has 1 saturated heterocycles. The minimum Gasteiger partial charge on any atom is -0.353 e. The first-order valence-electron chi connectivity index (χ1n) is 10.2. The van der Waals surface area contributed by atoms with E-state index in [9.17, 15) is 4.79 Å². The van der Waals surface area contributed by atoms with Crippen LogP contribution >= 0.6 is 0 Å². The van der Waals surface area contributed by atoms with Crippen LogP contribution in [0.3, 0.4) is 0 Å². The van der Waals surface area contributed by atoms with Crippen molar-refractivity contribution >= 4 is 11.7 Å². The summed E-state index contributed by atoms with van der Waals surface area (Å²) >= 11 is 0. The predicted octanol–water partition coefficient (Wildman–Crippen LogP) is 2.99. The SMILES string of the molecule is O=C(c1ccccn1)N1CCN(c2nc(-c3ccccc3)nc3c2CCC3)CC1. The van der Waals surface area contributed by atoms with Crippen LogP contribution in [0, 0.1) is 0 Å². The molecule has 0 radical (unpaired) electrons. The van der Waals surface area contributed by atoms with Gasteiger partial charge in [-0.25, -0.2) is 9.97 Å². The topological polar surface area (TPSA) is 62.2 Å². The number of aryl methyl sites for hydroxylation is 1. The van der Waals surface area contributed by atoms with Crippen molar-refractivity contribution in [3.05, 3.63) is 71.7 Å². The van der Waals surface area contributed by atoms with Gasteiger partial charge in [0.1, 0.15) is 11.5 Å². The maximum Gasteiger partial charge on any atom is 0.272 e. The lowest BCUT2D eigenvalue weighted by molar-refractivity contribution is 0.0740. The van der Waals surface area contributed by atoms with Crippen molar-refractivity contribution in [2.24, 2.45) is 0 Å². The fraction of sp³-hybridized carbons (Fsp3) is 0.304. The molecular weight excluding hydrogens is 362 g/mol. The summed E-state index contributed by atoms with van der Waals surface area (Å²) in [5.74, 6) is 1.85. The summed E-state index contributed by atoms with van der Waals surface area (Å²) in [7, 11) is 0. The Hall–Kier alpha value is -3.28. The molecule has 3 heterocycles. The van der Waals surface area contributed by atoms with Crippen molar-refractivity contribution < 1.29 is 4.79 Å². The van der Waals surface area contributed by atoms with Crippen molar-refractivity contribution in [1.29, 1.82) is 0 Å². The first kappa shape index (κ1) is 17.8. The average molecular weight is 385 g/mol. The molecule has 2 aliphatic rings. The average Bonchev–Trinajstić information content (AvgIpc) is 3.28. The summed E-state index contributed by atoms with van der Waals surface area (Å²) in [6, 6.07) is 15.6. The fourth-order valence-corrected chi connectivity index (χ4v) is 4.16. The van der Waals surface area contributed by atoms with Gasteiger partial charge in [-0.2, -0.15) is 0 Å². The number of piperazine rings is 1. The second-order valence-corrected chi connectivity index (χ2v) is 7.51. The standard InChI is InChI=1S/C23H23N5O/c29-23(20-10-4-5-12-24-20)28-15-13-27(14-16-28)22-18-9-6-11-19(18)25-21(26-22)17-7-2-1-3-8-17/h1-5,7-8,10,12H,6,9,11,13-16H2. The fourth-order valence-electron chi connectivity index (χ4n) is 4.16. The highest BCUT2D eigenvalue weighted by Crippen LogP contribution is 2.32. The van der Waals surface area contributed by atoms with Gasteiger partial charge in [-0.3, -0.25) is 9.78 Å². The Morgan fingerprint density at radius 1 is 0.862 bits per heavy atom. The number of carbonyl (C=O) groups is 1. The summed E-state index contributed by atoms with van der Waals surface area (Å²) in [4.78, 5) is 30.9. The molecule has 6 heteroatoms. The lowest BCUT2D eigenvalue weighted by atomic mass is 10.1. The molecule has 1 aromatic carbocycles. The summed E-state index contributed by atoms with van der Waals surface area (Å²) in [5.41, 5.74) is 4.03. The van der Waals surface area contributed by atoms with Gasteiger partial charge in [0.25, 0.3) is 5.91 Å². The molecule has 6 nitrogen and oxygen atoms in total. The van der Waals surface area contributed by atoms with Gasteiger partial charge < -0.3 is 9.80 Å². The van der Waals surface area contributed by atoms with E-state index in [1.54, 1.807) is 12.3 Å². The van der Waals surface area contributed by atoms with Crippen molar-refractivity contribution in [2.75, 3.05) is 31.1 Å². The van der Waals surface area contributed by atoms with E-state index in [0.29, 0.717) is 18.8 Å². The first-order valence-corrected chi connectivity index (χ1v) is 10.2. The van der Waals surface area contributed by atoms with E-state index in [-0.39, 0.29) is 5.91 Å². The zero-order valence-electron chi connectivity index (χ0n) is 16.3. The number of aromatic nitrogens is 3. The molecule has 1 fully saturated rings. The van der Waals surface area contributed by atoms with Crippen molar-refractivity contribution in [1.82, 2.24) is 19.9 Å². The second kappa shape index (κ2) is 7.62. The summed E-state index contributed by atoms with van der Waals surface area (Å²) in [6.07, 6.45) is 4.85. The Morgan fingerprint density at radius 2 is 1.66 bits per heavy atom. The number of hydrogen-bond donors (Lipinski definition) is 0. The van der Waals surface area contributed by atoms with Crippen molar-refractivity contribution in [3.8, 4) is 11.4 Å². The molecule has 1 aliphatic carbocycles. The largest absolute Gasteiger partial charge is 0.353 e. The zero-order valence-corrected chi connectivity index (χ0v) is 16.3. The molecule has 1 aliphatic heterocycles. The van der Waals surface area contributed by atoms with E-state index in [2.05, 4.69) is 22.0 Å². The molecule has 2 aromatic heterocycles. The lowest BCUT2D eigenvalue weighted by Gasteiger charge is -2.36. The monoisotopic (exact) mass is 385 g/mol. The van der Waals surface area contributed by atoms with E-state index in [1.165, 1.54) is 11.3 Å². The van der Waals surface area contributed by atoms with Gasteiger partial charge in [0, 0.05) is 49.2 Å². The van der Waals surface area contributed by atoms with Gasteiger partial charge in [0.2, 0.25) is 0 Å². The minimum absolute atomic E-state index is 0.00291. The highest BCUT2D eigenvalue weighted by atomic mass is 16.2. The first-order chi connectivity index (χ1) is 14.3. The molecule has 0 saturated carbocycles. The maximum absolute atomic E-state index is 12.7. The third-order valence-electron chi connectivity index (χ3n) is 5.69. The lowest BCUT2D eigenvalue weighted by Crippen LogP contribution is -2.49. The highest BCUT2D eigenvalue weighted by Gasteiger charge is 2.28. The highest BCUT2D eigenvalue weighted by molar-refractivity contribution is 5.92. The molecule has 5 rings (SSSR count). The van der Waals surface area contributed by atoms with Gasteiger partial charge in [0.05, 0.1) is 0 Å². The molecule has 0 spiro atoms. The molecule has 146 valence electrons. The van der Waals surface area contributed by atoms with Crippen LogP contribution in [0.15, 0.2) is 54.7 Å². The third kappa shape index (κ3) is 3.46. The number of fused-ring (bicyclic) bond motifs is 1. The molecule has 29 heavy (non-hydrogen) atoms. The van der Waals surface area contributed by atoms with Crippen LogP contribution in [0.5, 0.6) is 0 Å². The van der Waals surface area contributed by atoms with E-state index >= 15 is 0 Å². The third-order valence-corrected chi connectivity index (χ3v) is 5.69. The van der Waals surface area contributed by atoms with Crippen LogP contribution in [-0.4, -0.2) is 51.9 Å². The van der Waals surface area contributed by atoms with Crippen LogP contribution in [0.4, 0.5) is 5.82 Å². The molecule has 0 atom stereocenters. The Labute approximate surface area is 170 Å². The van der Waals surface area contributed by atoms with Crippen LogP contribution in [0.25, 0.3) is 11.4 Å². The van der Waals surface area contributed by atoms with E-state index in [1.807, 2.05) is 35.2 Å². The summed E-state index contributed by atoms with van der Waals surface area (Å²) < 4.78 is 0. The summed E-state index contributed by atoms with van der Waals surface area (Å²) in [5, 5.41) is 0. The molecular formula is C23H23N5O. The number of pyridine rings is 1. The molecule has 0 unspecified atom stereocenters. The molecule has 3 aromatic rings. The number of hydrogen-bond acceptors (Lipinski definition) is 5. The van der Waals surface area contributed by atoms with Gasteiger partial charge >= 0.3 is 0 Å². The van der Waals surface area contributed by atoms with Crippen LogP contribution in [-0.2, 0) is 12.8 Å². The van der Waals surface area contributed by atoms with E-state index in [4.69, 9.17) is 9.97 Å². The molecule has 0 bridgehead atoms. The normalized spacial score (nSPS) is 16.0. The van der Waals surface area contributed by atoms with Crippen molar-refractivity contribution in [2.45, 2.75) is 19.3 Å². The Morgan fingerprint density at radius 3 is 2.41 bits per heavy atom. The molecule has 1 amide bonds. The minimum atomic E-state index is 0.00291. The zero-order chi connectivity index (χ0) is 19.6. The number of rotatable bonds is 3. The van der Waals surface area contributed by atoms with Gasteiger partial charge in [0.15, 0.2) is 5.82 Å². The number of anilines is 1. The summed E-state index contributed by atoms with van der Waals surface area (Å²) in [6.45, 7) is 2.90. The van der Waals surface area contributed by atoms with Gasteiger partial charge in [-0.05, 0) is 31.4 Å². The maximum atomic E-state index is 12.7. The van der Waals surface area contributed by atoms with Crippen LogP contribution in [0.2, 0.25) is 0 Å². The Kier molecular flexibility index (Phi) is 4.68. The van der Waals surface area contributed by atoms with E-state index in [0.717, 1.165) is 49.6 Å². The second-order valence-electron chi connectivity index (χ2n) is 7.51. The number of carbonyl (C=O) groups excluding carboxylic acids is 1. The van der Waals surface area contributed by atoms with Crippen LogP contribution in [0.1, 0.15) is 28.2 Å². The number of amides is 1.